The van der Waals surface area contributed by atoms with Crippen molar-refractivity contribution < 1.29 is 14.6 Å². The lowest BCUT2D eigenvalue weighted by Gasteiger charge is -2.26. The summed E-state index contributed by atoms with van der Waals surface area (Å²) >= 11 is 6.23. The fourth-order valence-corrected chi connectivity index (χ4v) is 2.85. The van der Waals surface area contributed by atoms with Crippen LogP contribution in [0, 0.1) is 0 Å². The molecule has 0 bridgehead atoms. The average molecular weight is 346 g/mol. The number of amides is 1. The van der Waals surface area contributed by atoms with Crippen molar-refractivity contribution in [3.8, 4) is 5.75 Å². The molecular formula is C19H20ClNO3. The van der Waals surface area contributed by atoms with Crippen molar-refractivity contribution >= 4 is 17.5 Å². The summed E-state index contributed by atoms with van der Waals surface area (Å²) in [6, 6.07) is 12.6. The van der Waals surface area contributed by atoms with Crippen LogP contribution in [0.5, 0.6) is 5.75 Å². The van der Waals surface area contributed by atoms with Crippen LogP contribution in [0.15, 0.2) is 42.5 Å². The standard InChI is InChI=1S/C19H20ClNO3/c20-18-10-16(24-15-6-3-7-15)8-9-17(18)19(23)21-11-13-4-1-2-5-14(13)12-22/h1-2,4-5,8-10,15,22H,3,6-7,11-12H2,(H,21,23). The van der Waals surface area contributed by atoms with Crippen LogP contribution >= 0.6 is 11.6 Å². The van der Waals surface area contributed by atoms with Gasteiger partial charge in [-0.1, -0.05) is 35.9 Å². The largest absolute Gasteiger partial charge is 0.490 e. The summed E-state index contributed by atoms with van der Waals surface area (Å²) < 4.78 is 5.78. The molecule has 1 saturated carbocycles. The lowest BCUT2D eigenvalue weighted by Crippen LogP contribution is -2.25. The van der Waals surface area contributed by atoms with Crippen molar-refractivity contribution in [2.45, 2.75) is 38.5 Å². The van der Waals surface area contributed by atoms with Gasteiger partial charge in [0.05, 0.1) is 23.3 Å². The summed E-state index contributed by atoms with van der Waals surface area (Å²) in [5.41, 5.74) is 2.10. The maximum atomic E-state index is 12.3. The van der Waals surface area contributed by atoms with Gasteiger partial charge in [0, 0.05) is 6.54 Å². The maximum Gasteiger partial charge on any atom is 0.253 e. The minimum atomic E-state index is -0.247. The number of carbonyl (C=O) groups is 1. The average Bonchev–Trinajstić information content (AvgIpc) is 2.56. The predicted molar refractivity (Wildman–Crippen MR) is 93.3 cm³/mol. The number of aliphatic hydroxyl groups is 1. The molecule has 2 N–H and O–H groups in total. The van der Waals surface area contributed by atoms with E-state index in [4.69, 9.17) is 16.3 Å². The highest BCUT2D eigenvalue weighted by atomic mass is 35.5. The van der Waals surface area contributed by atoms with E-state index in [9.17, 15) is 9.90 Å². The van der Waals surface area contributed by atoms with Crippen molar-refractivity contribution in [1.82, 2.24) is 5.32 Å². The molecule has 1 aliphatic carbocycles. The number of rotatable bonds is 6. The number of nitrogens with one attached hydrogen (secondary N) is 1. The first-order valence-corrected chi connectivity index (χ1v) is 8.47. The molecule has 4 nitrogen and oxygen atoms in total. The molecule has 0 saturated heterocycles. The summed E-state index contributed by atoms with van der Waals surface area (Å²) in [5, 5.41) is 12.5. The molecule has 1 fully saturated rings. The van der Waals surface area contributed by atoms with Gasteiger partial charge >= 0.3 is 0 Å². The van der Waals surface area contributed by atoms with Gasteiger partial charge in [-0.25, -0.2) is 0 Å². The van der Waals surface area contributed by atoms with E-state index in [0.29, 0.717) is 22.9 Å². The van der Waals surface area contributed by atoms with Crippen LogP contribution in [0.3, 0.4) is 0 Å². The van der Waals surface area contributed by atoms with E-state index in [-0.39, 0.29) is 18.6 Å². The Morgan fingerprint density at radius 3 is 2.58 bits per heavy atom. The zero-order valence-electron chi connectivity index (χ0n) is 13.3. The van der Waals surface area contributed by atoms with Gasteiger partial charge in [-0.05, 0) is 48.6 Å². The molecule has 5 heteroatoms. The number of hydrogen-bond acceptors (Lipinski definition) is 3. The van der Waals surface area contributed by atoms with Crippen molar-refractivity contribution in [3.63, 3.8) is 0 Å². The number of aliphatic hydroxyl groups excluding tert-OH is 1. The third-order valence-corrected chi connectivity index (χ3v) is 4.58. The second kappa shape index (κ2) is 7.69. The van der Waals surface area contributed by atoms with E-state index >= 15 is 0 Å². The number of carbonyl (C=O) groups excluding carboxylic acids is 1. The Morgan fingerprint density at radius 2 is 1.96 bits per heavy atom. The normalized spacial score (nSPS) is 14.1. The van der Waals surface area contributed by atoms with Crippen LogP contribution in [-0.2, 0) is 13.2 Å². The minimum Gasteiger partial charge on any atom is -0.490 e. The number of halogens is 1. The fourth-order valence-electron chi connectivity index (χ4n) is 2.59. The van der Waals surface area contributed by atoms with Gasteiger partial charge in [0.25, 0.3) is 5.91 Å². The molecule has 1 amide bonds. The Bertz CT molecular complexity index is 728. The molecule has 0 unspecified atom stereocenters. The quantitative estimate of drug-likeness (QED) is 0.839. The molecule has 3 rings (SSSR count). The van der Waals surface area contributed by atoms with E-state index in [2.05, 4.69) is 5.32 Å². The van der Waals surface area contributed by atoms with Crippen LogP contribution in [0.25, 0.3) is 0 Å². The van der Waals surface area contributed by atoms with E-state index in [1.807, 2.05) is 24.3 Å². The molecule has 1 aliphatic rings. The van der Waals surface area contributed by atoms with Crippen molar-refractivity contribution in [2.75, 3.05) is 0 Å². The lowest BCUT2D eigenvalue weighted by atomic mass is 9.96. The van der Waals surface area contributed by atoms with Crippen LogP contribution in [0.2, 0.25) is 5.02 Å². The highest BCUT2D eigenvalue weighted by Gasteiger charge is 2.20. The number of benzene rings is 2. The Hall–Kier alpha value is -2.04. The molecule has 0 radical (unpaired) electrons. The first-order chi connectivity index (χ1) is 11.7. The fraction of sp³-hybridized carbons (Fsp3) is 0.316. The molecule has 2 aromatic carbocycles. The van der Waals surface area contributed by atoms with E-state index in [0.717, 1.165) is 24.0 Å². The first kappa shape index (κ1) is 16.8. The van der Waals surface area contributed by atoms with Gasteiger partial charge in [0.2, 0.25) is 0 Å². The number of ether oxygens (including phenoxy) is 1. The van der Waals surface area contributed by atoms with Gasteiger partial charge in [-0.15, -0.1) is 0 Å². The summed E-state index contributed by atoms with van der Waals surface area (Å²) in [6.45, 7) is 0.284. The summed E-state index contributed by atoms with van der Waals surface area (Å²) in [4.78, 5) is 12.3. The molecule has 0 atom stereocenters. The van der Waals surface area contributed by atoms with Crippen molar-refractivity contribution in [3.05, 3.63) is 64.2 Å². The monoisotopic (exact) mass is 345 g/mol. The van der Waals surface area contributed by atoms with E-state index < -0.39 is 0 Å². The SMILES string of the molecule is O=C(NCc1ccccc1CO)c1ccc(OC2CCC2)cc1Cl. The molecule has 24 heavy (non-hydrogen) atoms. The Labute approximate surface area is 146 Å². The smallest absolute Gasteiger partial charge is 0.253 e. The molecule has 0 spiro atoms. The summed E-state index contributed by atoms with van der Waals surface area (Å²) in [7, 11) is 0. The minimum absolute atomic E-state index is 0.0556. The van der Waals surface area contributed by atoms with Crippen LogP contribution < -0.4 is 10.1 Å². The van der Waals surface area contributed by atoms with E-state index in [1.165, 1.54) is 6.42 Å². The Morgan fingerprint density at radius 1 is 1.21 bits per heavy atom. The highest BCUT2D eigenvalue weighted by Crippen LogP contribution is 2.28. The maximum absolute atomic E-state index is 12.3. The molecule has 0 heterocycles. The highest BCUT2D eigenvalue weighted by molar-refractivity contribution is 6.34. The van der Waals surface area contributed by atoms with E-state index in [1.54, 1.807) is 18.2 Å². The van der Waals surface area contributed by atoms with Crippen LogP contribution in [0.1, 0.15) is 40.7 Å². The zero-order valence-corrected chi connectivity index (χ0v) is 14.1. The number of hydrogen-bond donors (Lipinski definition) is 2. The second-order valence-electron chi connectivity index (χ2n) is 5.92. The molecule has 0 aromatic heterocycles. The van der Waals surface area contributed by atoms with Crippen LogP contribution in [0.4, 0.5) is 0 Å². The third kappa shape index (κ3) is 3.89. The Balaban J connectivity index is 1.64. The van der Waals surface area contributed by atoms with Gasteiger partial charge in [-0.3, -0.25) is 4.79 Å². The lowest BCUT2D eigenvalue weighted by molar-refractivity contribution is 0.0950. The van der Waals surface area contributed by atoms with Crippen molar-refractivity contribution in [2.24, 2.45) is 0 Å². The summed E-state index contributed by atoms with van der Waals surface area (Å²) in [5.74, 6) is 0.454. The predicted octanol–water partition coefficient (Wildman–Crippen LogP) is 3.69. The van der Waals surface area contributed by atoms with Gasteiger partial charge in [0.1, 0.15) is 5.75 Å². The molecule has 0 aliphatic heterocycles. The molecule has 126 valence electrons. The molecule has 2 aromatic rings. The Kier molecular flexibility index (Phi) is 5.38. The zero-order chi connectivity index (χ0) is 16.9. The molecular weight excluding hydrogens is 326 g/mol. The van der Waals surface area contributed by atoms with Crippen LogP contribution in [-0.4, -0.2) is 17.1 Å². The van der Waals surface area contributed by atoms with Crippen molar-refractivity contribution in [1.29, 1.82) is 0 Å². The van der Waals surface area contributed by atoms with Gasteiger partial charge < -0.3 is 15.2 Å². The van der Waals surface area contributed by atoms with Gasteiger partial charge in [-0.2, -0.15) is 0 Å². The first-order valence-electron chi connectivity index (χ1n) is 8.09. The van der Waals surface area contributed by atoms with Gasteiger partial charge in [0.15, 0.2) is 0 Å². The second-order valence-corrected chi connectivity index (χ2v) is 6.33. The third-order valence-electron chi connectivity index (χ3n) is 4.27. The summed E-state index contributed by atoms with van der Waals surface area (Å²) in [6.07, 6.45) is 3.62. The topological polar surface area (TPSA) is 58.6 Å².